The number of fused-ring (bicyclic) bond motifs is 1. The standard InChI is InChI=1S/C19H21N3O2/c1-13-2-4-14(5-3-13)8-15(12-23)10-20-19(24)16-6-7-18-17(9-16)11-21-22-18/h2-7,9,11,15,23H,8,10,12H2,1H3,(H,20,24)(H,21,22). The normalized spacial score (nSPS) is 12.2. The fourth-order valence-electron chi connectivity index (χ4n) is 2.68. The second kappa shape index (κ2) is 7.27. The number of aromatic amines is 1. The molecule has 3 aromatic rings. The summed E-state index contributed by atoms with van der Waals surface area (Å²) in [6.07, 6.45) is 2.43. The summed E-state index contributed by atoms with van der Waals surface area (Å²) in [5.74, 6) is -0.144. The van der Waals surface area contributed by atoms with Gasteiger partial charge in [-0.25, -0.2) is 0 Å². The number of aryl methyl sites for hydroxylation is 1. The SMILES string of the molecule is Cc1ccc(CC(CO)CNC(=O)c2ccc3[nH]ncc3c2)cc1. The molecule has 3 N–H and O–H groups in total. The van der Waals surface area contributed by atoms with Crippen molar-refractivity contribution in [1.82, 2.24) is 15.5 Å². The molecular weight excluding hydrogens is 302 g/mol. The lowest BCUT2D eigenvalue weighted by molar-refractivity contribution is 0.0940. The van der Waals surface area contributed by atoms with E-state index in [4.69, 9.17) is 0 Å². The molecule has 0 aliphatic carbocycles. The number of carbonyl (C=O) groups excluding carboxylic acids is 1. The van der Waals surface area contributed by atoms with Crippen molar-refractivity contribution in [3.05, 3.63) is 65.4 Å². The van der Waals surface area contributed by atoms with Gasteiger partial charge in [0.25, 0.3) is 5.91 Å². The fourth-order valence-corrected chi connectivity index (χ4v) is 2.68. The number of H-pyrrole nitrogens is 1. The number of aromatic nitrogens is 2. The van der Waals surface area contributed by atoms with E-state index in [2.05, 4.69) is 39.8 Å². The zero-order chi connectivity index (χ0) is 16.9. The van der Waals surface area contributed by atoms with E-state index in [1.807, 2.05) is 19.1 Å². The number of aliphatic hydroxyl groups is 1. The van der Waals surface area contributed by atoms with Crippen LogP contribution in [0, 0.1) is 12.8 Å². The van der Waals surface area contributed by atoms with Crippen LogP contribution < -0.4 is 5.32 Å². The molecular formula is C19H21N3O2. The zero-order valence-corrected chi connectivity index (χ0v) is 13.6. The molecule has 1 heterocycles. The average molecular weight is 323 g/mol. The minimum absolute atomic E-state index is 0.00527. The Labute approximate surface area is 140 Å². The first-order chi connectivity index (χ1) is 11.7. The van der Waals surface area contributed by atoms with Gasteiger partial charge in [0.2, 0.25) is 0 Å². The molecule has 0 aliphatic heterocycles. The molecule has 0 saturated carbocycles. The molecule has 1 atom stereocenters. The van der Waals surface area contributed by atoms with E-state index in [0.717, 1.165) is 22.9 Å². The first-order valence-electron chi connectivity index (χ1n) is 8.03. The smallest absolute Gasteiger partial charge is 0.251 e. The minimum Gasteiger partial charge on any atom is -0.396 e. The monoisotopic (exact) mass is 323 g/mol. The second-order valence-electron chi connectivity index (χ2n) is 6.12. The zero-order valence-electron chi connectivity index (χ0n) is 13.6. The van der Waals surface area contributed by atoms with Gasteiger partial charge in [-0.05, 0) is 37.1 Å². The molecule has 0 fully saturated rings. The van der Waals surface area contributed by atoms with Crippen molar-refractivity contribution >= 4 is 16.8 Å². The molecule has 1 amide bonds. The molecule has 124 valence electrons. The van der Waals surface area contributed by atoms with Gasteiger partial charge in [0.1, 0.15) is 0 Å². The van der Waals surface area contributed by atoms with Gasteiger partial charge in [0, 0.05) is 30.0 Å². The van der Waals surface area contributed by atoms with Crippen LogP contribution in [0.15, 0.2) is 48.7 Å². The number of aliphatic hydroxyl groups excluding tert-OH is 1. The van der Waals surface area contributed by atoms with Crippen LogP contribution in [0.4, 0.5) is 0 Å². The lowest BCUT2D eigenvalue weighted by Crippen LogP contribution is -2.31. The summed E-state index contributed by atoms with van der Waals surface area (Å²) in [4.78, 5) is 12.3. The highest BCUT2D eigenvalue weighted by atomic mass is 16.3. The summed E-state index contributed by atoms with van der Waals surface area (Å²) in [6.45, 7) is 2.52. The number of amides is 1. The largest absolute Gasteiger partial charge is 0.396 e. The molecule has 0 spiro atoms. The van der Waals surface area contributed by atoms with E-state index in [0.29, 0.717) is 12.1 Å². The van der Waals surface area contributed by atoms with E-state index < -0.39 is 0 Å². The van der Waals surface area contributed by atoms with E-state index >= 15 is 0 Å². The van der Waals surface area contributed by atoms with Crippen molar-refractivity contribution in [2.75, 3.05) is 13.2 Å². The number of nitrogens with zero attached hydrogens (tertiary/aromatic N) is 1. The predicted molar refractivity (Wildman–Crippen MR) is 93.9 cm³/mol. The second-order valence-corrected chi connectivity index (χ2v) is 6.12. The Morgan fingerprint density at radius 3 is 2.79 bits per heavy atom. The Balaban J connectivity index is 1.59. The van der Waals surface area contributed by atoms with Crippen LogP contribution in [-0.2, 0) is 6.42 Å². The third-order valence-corrected chi connectivity index (χ3v) is 4.16. The third-order valence-electron chi connectivity index (χ3n) is 4.16. The van der Waals surface area contributed by atoms with Crippen molar-refractivity contribution in [2.24, 2.45) is 5.92 Å². The van der Waals surface area contributed by atoms with Gasteiger partial charge in [-0.15, -0.1) is 0 Å². The molecule has 0 radical (unpaired) electrons. The summed E-state index contributed by atoms with van der Waals surface area (Å²) in [5.41, 5.74) is 3.87. The van der Waals surface area contributed by atoms with Crippen LogP contribution in [0.3, 0.4) is 0 Å². The number of nitrogens with one attached hydrogen (secondary N) is 2. The Morgan fingerprint density at radius 2 is 2.04 bits per heavy atom. The summed E-state index contributed by atoms with van der Waals surface area (Å²) in [7, 11) is 0. The number of hydrogen-bond acceptors (Lipinski definition) is 3. The quantitative estimate of drug-likeness (QED) is 0.652. The molecule has 3 rings (SSSR count). The number of hydrogen-bond donors (Lipinski definition) is 3. The molecule has 2 aromatic carbocycles. The van der Waals surface area contributed by atoms with E-state index in [-0.39, 0.29) is 18.4 Å². The Morgan fingerprint density at radius 1 is 1.25 bits per heavy atom. The topological polar surface area (TPSA) is 78.0 Å². The van der Waals surface area contributed by atoms with Gasteiger partial charge in [-0.2, -0.15) is 5.10 Å². The number of carbonyl (C=O) groups is 1. The van der Waals surface area contributed by atoms with Crippen molar-refractivity contribution in [1.29, 1.82) is 0 Å². The maximum atomic E-state index is 12.3. The van der Waals surface area contributed by atoms with Crippen molar-refractivity contribution < 1.29 is 9.90 Å². The van der Waals surface area contributed by atoms with Crippen LogP contribution in [0.25, 0.3) is 10.9 Å². The van der Waals surface area contributed by atoms with Crippen LogP contribution in [0.2, 0.25) is 0 Å². The van der Waals surface area contributed by atoms with Gasteiger partial charge in [0.05, 0.1) is 11.7 Å². The number of rotatable bonds is 6. The fraction of sp³-hybridized carbons (Fsp3) is 0.263. The molecule has 1 unspecified atom stereocenters. The number of benzene rings is 2. The highest BCUT2D eigenvalue weighted by molar-refractivity contribution is 5.97. The van der Waals surface area contributed by atoms with Crippen molar-refractivity contribution in [2.45, 2.75) is 13.3 Å². The van der Waals surface area contributed by atoms with Gasteiger partial charge < -0.3 is 10.4 Å². The third kappa shape index (κ3) is 3.81. The molecule has 0 saturated heterocycles. The van der Waals surface area contributed by atoms with Gasteiger partial charge in [-0.3, -0.25) is 9.89 Å². The Kier molecular flexibility index (Phi) is 4.91. The summed E-state index contributed by atoms with van der Waals surface area (Å²) < 4.78 is 0. The summed E-state index contributed by atoms with van der Waals surface area (Å²) in [5, 5.41) is 20.2. The lowest BCUT2D eigenvalue weighted by atomic mass is 9.99. The van der Waals surface area contributed by atoms with Crippen LogP contribution in [0.5, 0.6) is 0 Å². The van der Waals surface area contributed by atoms with Gasteiger partial charge in [0.15, 0.2) is 0 Å². The van der Waals surface area contributed by atoms with Crippen LogP contribution >= 0.6 is 0 Å². The maximum Gasteiger partial charge on any atom is 0.251 e. The molecule has 24 heavy (non-hydrogen) atoms. The summed E-state index contributed by atoms with van der Waals surface area (Å²) in [6, 6.07) is 13.7. The van der Waals surface area contributed by atoms with Crippen LogP contribution in [-0.4, -0.2) is 34.4 Å². The van der Waals surface area contributed by atoms with Gasteiger partial charge >= 0.3 is 0 Å². The molecule has 0 bridgehead atoms. The molecule has 5 heteroatoms. The Hall–Kier alpha value is -2.66. The first-order valence-corrected chi connectivity index (χ1v) is 8.03. The summed E-state index contributed by atoms with van der Waals surface area (Å²) >= 11 is 0. The minimum atomic E-state index is -0.138. The van der Waals surface area contributed by atoms with E-state index in [1.165, 1.54) is 5.56 Å². The highest BCUT2D eigenvalue weighted by Gasteiger charge is 2.12. The molecule has 5 nitrogen and oxygen atoms in total. The van der Waals surface area contributed by atoms with E-state index in [1.54, 1.807) is 12.3 Å². The maximum absolute atomic E-state index is 12.3. The van der Waals surface area contributed by atoms with Crippen molar-refractivity contribution in [3.8, 4) is 0 Å². The average Bonchev–Trinajstić information content (AvgIpc) is 3.07. The van der Waals surface area contributed by atoms with Crippen molar-refractivity contribution in [3.63, 3.8) is 0 Å². The van der Waals surface area contributed by atoms with Crippen LogP contribution in [0.1, 0.15) is 21.5 Å². The highest BCUT2D eigenvalue weighted by Crippen LogP contribution is 2.13. The van der Waals surface area contributed by atoms with E-state index in [9.17, 15) is 9.90 Å². The lowest BCUT2D eigenvalue weighted by Gasteiger charge is -2.15. The first kappa shape index (κ1) is 16.2. The molecule has 1 aromatic heterocycles. The molecule has 0 aliphatic rings. The van der Waals surface area contributed by atoms with Gasteiger partial charge in [-0.1, -0.05) is 29.8 Å². The Bertz CT molecular complexity index is 824. The predicted octanol–water partition coefficient (Wildman–Crippen LogP) is 2.45.